The van der Waals surface area contributed by atoms with Crippen molar-refractivity contribution in [1.82, 2.24) is 29.7 Å². The molecule has 0 amide bonds. The summed E-state index contributed by atoms with van der Waals surface area (Å²) in [4.78, 5) is 13.0. The normalized spacial score (nSPS) is 11.9. The van der Waals surface area contributed by atoms with Crippen LogP contribution < -0.4 is 11.1 Å². The van der Waals surface area contributed by atoms with Gasteiger partial charge in [-0.15, -0.1) is 10.2 Å². The monoisotopic (exact) mass is 424 g/mol. The van der Waals surface area contributed by atoms with E-state index in [1.54, 1.807) is 6.33 Å². The van der Waals surface area contributed by atoms with Crippen molar-refractivity contribution in [1.29, 1.82) is 0 Å². The van der Waals surface area contributed by atoms with Crippen LogP contribution in [0.4, 0.5) is 17.6 Å². The lowest BCUT2D eigenvalue weighted by Crippen LogP contribution is -2.08. The van der Waals surface area contributed by atoms with Gasteiger partial charge in [0, 0.05) is 10.7 Å². The van der Waals surface area contributed by atoms with Crippen molar-refractivity contribution >= 4 is 40.9 Å². The van der Waals surface area contributed by atoms with Gasteiger partial charge < -0.3 is 11.1 Å². The lowest BCUT2D eigenvalue weighted by atomic mass is 10.3. The van der Waals surface area contributed by atoms with Gasteiger partial charge >= 0.3 is 0 Å². The highest BCUT2D eigenvalue weighted by Crippen LogP contribution is 2.33. The van der Waals surface area contributed by atoms with Crippen molar-refractivity contribution in [3.8, 4) is 5.69 Å². The van der Waals surface area contributed by atoms with Gasteiger partial charge in [0.25, 0.3) is 0 Å². The van der Waals surface area contributed by atoms with Gasteiger partial charge in [0.05, 0.1) is 10.9 Å². The van der Waals surface area contributed by atoms with E-state index in [4.69, 9.17) is 17.3 Å². The van der Waals surface area contributed by atoms with E-state index in [-0.39, 0.29) is 11.2 Å². The summed E-state index contributed by atoms with van der Waals surface area (Å²) >= 11 is 7.57. The molecule has 0 saturated heterocycles. The number of aromatic nitrogens is 6. The van der Waals surface area contributed by atoms with E-state index >= 15 is 0 Å². The van der Waals surface area contributed by atoms with Gasteiger partial charge in [0.15, 0.2) is 5.16 Å². The van der Waals surface area contributed by atoms with Crippen LogP contribution in [0.3, 0.4) is 0 Å². The summed E-state index contributed by atoms with van der Waals surface area (Å²) in [7, 11) is 0. The number of nitrogens with one attached hydrogen (secondary N) is 1. The summed E-state index contributed by atoms with van der Waals surface area (Å²) in [6, 6.07) is 17.1. The zero-order valence-electron chi connectivity index (χ0n) is 15.4. The minimum absolute atomic E-state index is 0.140. The molecule has 2 aromatic carbocycles. The van der Waals surface area contributed by atoms with E-state index in [0.29, 0.717) is 22.0 Å². The number of hydrogen-bond donors (Lipinski definition) is 2. The Morgan fingerprint density at radius 2 is 1.90 bits per heavy atom. The maximum atomic E-state index is 6.11. The molecule has 4 rings (SSSR count). The lowest BCUT2D eigenvalue weighted by molar-refractivity contribution is 0.854. The molecule has 2 aromatic heterocycles. The van der Waals surface area contributed by atoms with Gasteiger partial charge in [-0.05, 0) is 37.3 Å². The molecule has 0 unspecified atom stereocenters. The molecule has 8 nitrogen and oxygen atoms in total. The first-order valence-corrected chi connectivity index (χ1v) is 10.0. The van der Waals surface area contributed by atoms with E-state index < -0.39 is 0 Å². The zero-order chi connectivity index (χ0) is 20.2. The summed E-state index contributed by atoms with van der Waals surface area (Å²) in [5.41, 5.74) is 7.64. The van der Waals surface area contributed by atoms with E-state index in [9.17, 15) is 0 Å². The van der Waals surface area contributed by atoms with E-state index in [0.717, 1.165) is 11.4 Å². The molecule has 0 aliphatic carbocycles. The fourth-order valence-corrected chi connectivity index (χ4v) is 3.69. The van der Waals surface area contributed by atoms with Gasteiger partial charge in [-0.3, -0.25) is 4.57 Å². The molecule has 29 heavy (non-hydrogen) atoms. The van der Waals surface area contributed by atoms with Crippen LogP contribution in [-0.2, 0) is 0 Å². The lowest BCUT2D eigenvalue weighted by Gasteiger charge is -2.13. The number of rotatable bonds is 6. The highest BCUT2D eigenvalue weighted by Gasteiger charge is 2.18. The Hall–Kier alpha value is -3.17. The minimum Gasteiger partial charge on any atom is -0.368 e. The van der Waals surface area contributed by atoms with Crippen molar-refractivity contribution in [2.75, 3.05) is 11.1 Å². The molecule has 0 radical (unpaired) electrons. The van der Waals surface area contributed by atoms with Gasteiger partial charge in [-0.1, -0.05) is 47.6 Å². The van der Waals surface area contributed by atoms with E-state index in [1.165, 1.54) is 11.8 Å². The number of nitrogens with two attached hydrogens (primary N) is 1. The Labute approximate surface area is 176 Å². The Bertz CT molecular complexity index is 1120. The number of anilines is 3. The maximum Gasteiger partial charge on any atom is 0.232 e. The van der Waals surface area contributed by atoms with Crippen molar-refractivity contribution in [2.45, 2.75) is 17.3 Å². The summed E-state index contributed by atoms with van der Waals surface area (Å²) < 4.78 is 1.86. The fourth-order valence-electron chi connectivity index (χ4n) is 2.62. The number of benzene rings is 2. The number of hydrogen-bond acceptors (Lipinski definition) is 8. The van der Waals surface area contributed by atoms with Crippen LogP contribution in [0.25, 0.3) is 5.69 Å². The topological polar surface area (TPSA) is 107 Å². The molecule has 0 saturated carbocycles. The summed E-state index contributed by atoms with van der Waals surface area (Å²) in [5.74, 6) is 1.08. The molecule has 0 spiro atoms. The van der Waals surface area contributed by atoms with Gasteiger partial charge in [-0.2, -0.15) is 15.0 Å². The molecular weight excluding hydrogens is 408 g/mol. The van der Waals surface area contributed by atoms with Crippen LogP contribution in [0.15, 0.2) is 66.1 Å². The Morgan fingerprint density at radius 1 is 1.07 bits per heavy atom. The summed E-state index contributed by atoms with van der Waals surface area (Å²) in [5, 5.41) is 12.6. The quantitative estimate of drug-likeness (QED) is 0.441. The fraction of sp³-hybridized carbons (Fsp3) is 0.105. The van der Waals surface area contributed by atoms with E-state index in [1.807, 2.05) is 66.1 Å². The first-order chi connectivity index (χ1) is 14.1. The van der Waals surface area contributed by atoms with Gasteiger partial charge in [-0.25, -0.2) is 0 Å². The summed E-state index contributed by atoms with van der Waals surface area (Å²) in [6.45, 7) is 1.97. The van der Waals surface area contributed by atoms with Crippen LogP contribution in [0, 0.1) is 0 Å². The Balaban J connectivity index is 1.57. The Kier molecular flexibility index (Phi) is 5.59. The van der Waals surface area contributed by atoms with Crippen molar-refractivity contribution < 1.29 is 0 Å². The molecule has 0 bridgehead atoms. The molecule has 1 atom stereocenters. The van der Waals surface area contributed by atoms with Crippen molar-refractivity contribution in [2.24, 2.45) is 0 Å². The second-order valence-electron chi connectivity index (χ2n) is 6.09. The number of para-hydroxylation sites is 1. The average molecular weight is 425 g/mol. The number of nitrogens with zero attached hydrogens (tertiary/aromatic N) is 6. The number of thioether (sulfide) groups is 1. The summed E-state index contributed by atoms with van der Waals surface area (Å²) in [6.07, 6.45) is 1.64. The molecule has 146 valence electrons. The van der Waals surface area contributed by atoms with Crippen molar-refractivity contribution in [3.05, 3.63) is 71.8 Å². The zero-order valence-corrected chi connectivity index (χ0v) is 17.0. The molecule has 2 heterocycles. The number of nitrogen functional groups attached to an aromatic ring is 1. The molecule has 0 aliphatic heterocycles. The number of halogens is 1. The maximum absolute atomic E-state index is 6.11. The van der Waals surface area contributed by atoms with Gasteiger partial charge in [0.2, 0.25) is 11.9 Å². The van der Waals surface area contributed by atoms with E-state index in [2.05, 4.69) is 30.5 Å². The highest BCUT2D eigenvalue weighted by atomic mass is 35.5. The third-order valence-electron chi connectivity index (χ3n) is 3.95. The molecular formula is C19H17ClN8S. The first kappa shape index (κ1) is 19.2. The third kappa shape index (κ3) is 4.64. The third-order valence-corrected chi connectivity index (χ3v) is 5.24. The second kappa shape index (κ2) is 8.46. The van der Waals surface area contributed by atoms with Gasteiger partial charge in [0.1, 0.15) is 12.2 Å². The highest BCUT2D eigenvalue weighted by molar-refractivity contribution is 7.99. The van der Waals surface area contributed by atoms with Crippen LogP contribution >= 0.6 is 23.4 Å². The van der Waals surface area contributed by atoms with Crippen molar-refractivity contribution in [3.63, 3.8) is 0 Å². The molecule has 0 aliphatic rings. The predicted octanol–water partition coefficient (Wildman–Crippen LogP) is 4.28. The molecule has 0 fully saturated rings. The average Bonchev–Trinajstić information content (AvgIpc) is 3.16. The SMILES string of the molecule is C[C@@H](Sc1nncn1-c1cccc(Cl)c1)c1nc(N)nc(Nc2ccccc2)n1. The molecule has 4 aromatic rings. The largest absolute Gasteiger partial charge is 0.368 e. The van der Waals surface area contributed by atoms with Crippen LogP contribution in [0.5, 0.6) is 0 Å². The standard InChI is InChI=1S/C19H17ClN8S/c1-12(29-19-27-22-11-28(19)15-9-5-6-13(20)10-15)16-24-17(21)26-18(25-16)23-14-7-3-2-4-8-14/h2-12H,1H3,(H3,21,23,24,25,26)/t12-/m1/s1. The second-order valence-corrected chi connectivity index (χ2v) is 7.83. The van der Waals surface area contributed by atoms with Crippen LogP contribution in [0.1, 0.15) is 18.0 Å². The van der Waals surface area contributed by atoms with Crippen LogP contribution in [0.2, 0.25) is 5.02 Å². The predicted molar refractivity (Wildman–Crippen MR) is 115 cm³/mol. The first-order valence-electron chi connectivity index (χ1n) is 8.74. The minimum atomic E-state index is -0.140. The smallest absolute Gasteiger partial charge is 0.232 e. The molecule has 3 N–H and O–H groups in total. The molecule has 10 heteroatoms. The van der Waals surface area contributed by atoms with Crippen LogP contribution in [-0.4, -0.2) is 29.7 Å². The Morgan fingerprint density at radius 3 is 2.69 bits per heavy atom.